The van der Waals surface area contributed by atoms with Crippen LogP contribution in [0.1, 0.15) is 5.56 Å². The molecule has 17 heavy (non-hydrogen) atoms. The van der Waals surface area contributed by atoms with Crippen molar-refractivity contribution < 1.29 is 4.57 Å². The average molecular weight is 218 g/mol. The van der Waals surface area contributed by atoms with Gasteiger partial charge in [-0.25, -0.2) is 0 Å². The zero-order valence-electron chi connectivity index (χ0n) is 9.43. The van der Waals surface area contributed by atoms with Gasteiger partial charge in [-0.2, -0.15) is 4.57 Å². The molecule has 0 atom stereocenters. The summed E-state index contributed by atoms with van der Waals surface area (Å²) < 4.78 is 2.40. The van der Waals surface area contributed by atoms with E-state index in [0.717, 1.165) is 6.54 Å². The molecule has 0 unspecified atom stereocenters. The molecule has 0 N–H and O–H groups in total. The number of hydrogen-bond acceptors (Lipinski definition) is 0. The Kier molecular flexibility index (Phi) is 1.67. The minimum Gasteiger partial charge on any atom is -0.187 e. The number of hydrogen-bond donors (Lipinski definition) is 0. The fourth-order valence-corrected chi connectivity index (χ4v) is 2.76. The maximum Gasteiger partial charge on any atom is 0.220 e. The number of fused-ring (bicyclic) bond motifs is 2. The van der Waals surface area contributed by atoms with E-state index in [1.807, 2.05) is 0 Å². The van der Waals surface area contributed by atoms with Gasteiger partial charge in [0.25, 0.3) is 0 Å². The molecule has 80 valence electrons. The fourth-order valence-electron chi connectivity index (χ4n) is 2.76. The number of allylic oxidation sites excluding steroid dienone is 1. The summed E-state index contributed by atoms with van der Waals surface area (Å²) in [5, 5.41) is 2.64. The van der Waals surface area contributed by atoms with E-state index >= 15 is 0 Å². The largest absolute Gasteiger partial charge is 0.220 e. The number of rotatable bonds is 0. The maximum absolute atomic E-state index is 2.40. The van der Waals surface area contributed by atoms with Crippen molar-refractivity contribution in [3.8, 4) is 0 Å². The van der Waals surface area contributed by atoms with Crippen LogP contribution in [-0.2, 0) is 6.54 Å². The predicted molar refractivity (Wildman–Crippen MR) is 70.7 cm³/mol. The second-order valence-corrected chi connectivity index (χ2v) is 4.50. The lowest BCUT2D eigenvalue weighted by Gasteiger charge is -2.09. The van der Waals surface area contributed by atoms with E-state index in [4.69, 9.17) is 0 Å². The van der Waals surface area contributed by atoms with Crippen LogP contribution in [0, 0.1) is 0 Å². The van der Waals surface area contributed by atoms with Gasteiger partial charge in [0.15, 0.2) is 6.54 Å². The van der Waals surface area contributed by atoms with Gasteiger partial charge in [-0.05, 0) is 36.4 Å². The van der Waals surface area contributed by atoms with Crippen molar-refractivity contribution in [3.05, 3.63) is 60.2 Å². The number of aromatic nitrogens is 1. The van der Waals surface area contributed by atoms with Gasteiger partial charge in [0.1, 0.15) is 0 Å². The number of nitrogens with zero attached hydrogens (tertiary/aromatic N) is 1. The van der Waals surface area contributed by atoms with E-state index in [-0.39, 0.29) is 0 Å². The quantitative estimate of drug-likeness (QED) is 0.402. The van der Waals surface area contributed by atoms with Crippen molar-refractivity contribution in [2.45, 2.75) is 6.54 Å². The Balaban J connectivity index is 2.33. The van der Waals surface area contributed by atoms with Crippen molar-refractivity contribution in [3.63, 3.8) is 0 Å². The van der Waals surface area contributed by atoms with Crippen molar-refractivity contribution >= 4 is 27.9 Å². The van der Waals surface area contributed by atoms with E-state index < -0.39 is 0 Å². The van der Waals surface area contributed by atoms with E-state index in [2.05, 4.69) is 65.3 Å². The molecule has 0 aliphatic carbocycles. The lowest BCUT2D eigenvalue weighted by atomic mass is 10.0. The van der Waals surface area contributed by atoms with Crippen LogP contribution in [0.2, 0.25) is 0 Å². The van der Waals surface area contributed by atoms with Gasteiger partial charge >= 0.3 is 0 Å². The van der Waals surface area contributed by atoms with Crippen LogP contribution >= 0.6 is 0 Å². The molecule has 4 rings (SSSR count). The van der Waals surface area contributed by atoms with Crippen LogP contribution in [0.25, 0.3) is 27.9 Å². The summed E-state index contributed by atoms with van der Waals surface area (Å²) in [4.78, 5) is 0. The highest BCUT2D eigenvalue weighted by Crippen LogP contribution is 2.23. The molecule has 0 radical (unpaired) electrons. The highest BCUT2D eigenvalue weighted by atomic mass is 15.0. The minimum atomic E-state index is 0.967. The second-order valence-electron chi connectivity index (χ2n) is 4.50. The third kappa shape index (κ3) is 1.17. The van der Waals surface area contributed by atoms with Gasteiger partial charge in [0.2, 0.25) is 11.0 Å². The first kappa shape index (κ1) is 8.94. The van der Waals surface area contributed by atoms with Gasteiger partial charge < -0.3 is 0 Å². The molecule has 1 nitrogen and oxygen atoms in total. The van der Waals surface area contributed by atoms with E-state index in [1.165, 1.54) is 27.4 Å². The molecule has 0 spiro atoms. The Bertz CT molecular complexity index is 769. The van der Waals surface area contributed by atoms with Crippen LogP contribution in [0.15, 0.2) is 54.6 Å². The number of benzene rings is 2. The lowest BCUT2D eigenvalue weighted by molar-refractivity contribution is -0.635. The van der Waals surface area contributed by atoms with Crippen molar-refractivity contribution in [2.24, 2.45) is 0 Å². The van der Waals surface area contributed by atoms with Gasteiger partial charge in [-0.1, -0.05) is 18.2 Å². The van der Waals surface area contributed by atoms with Crippen LogP contribution < -0.4 is 4.57 Å². The van der Waals surface area contributed by atoms with Gasteiger partial charge in [0.05, 0.1) is 0 Å². The summed E-state index contributed by atoms with van der Waals surface area (Å²) in [6.07, 6.45) is 4.45. The van der Waals surface area contributed by atoms with Crippen molar-refractivity contribution in [2.75, 3.05) is 0 Å². The lowest BCUT2D eigenvalue weighted by Crippen LogP contribution is -2.36. The smallest absolute Gasteiger partial charge is 0.187 e. The van der Waals surface area contributed by atoms with Crippen LogP contribution in [0.4, 0.5) is 0 Å². The number of para-hydroxylation sites is 2. The molecule has 0 fully saturated rings. The third-order valence-electron chi connectivity index (χ3n) is 3.49. The average Bonchev–Trinajstić information content (AvgIpc) is 2.39. The normalized spacial score (nSPS) is 13.4. The second kappa shape index (κ2) is 3.17. The molecule has 2 heterocycles. The molecule has 1 aromatic heterocycles. The molecular weight excluding hydrogens is 206 g/mol. The number of pyridine rings is 1. The molecule has 1 aliphatic heterocycles. The predicted octanol–water partition coefficient (Wildman–Crippen LogP) is 3.31. The molecule has 0 saturated carbocycles. The first-order valence-electron chi connectivity index (χ1n) is 5.94. The monoisotopic (exact) mass is 218 g/mol. The summed E-state index contributed by atoms with van der Waals surface area (Å²) in [7, 11) is 0. The zero-order chi connectivity index (χ0) is 11.2. The molecule has 0 bridgehead atoms. The molecular formula is C16H12N+. The highest BCUT2D eigenvalue weighted by Gasteiger charge is 2.18. The van der Waals surface area contributed by atoms with Crippen molar-refractivity contribution in [1.82, 2.24) is 0 Å². The van der Waals surface area contributed by atoms with E-state index in [1.54, 1.807) is 0 Å². The Labute approximate surface area is 99.6 Å². The topological polar surface area (TPSA) is 3.88 Å². The van der Waals surface area contributed by atoms with Crippen LogP contribution in [-0.4, -0.2) is 0 Å². The Morgan fingerprint density at radius 2 is 1.76 bits per heavy atom. The fraction of sp³-hybridized carbons (Fsp3) is 0.0625. The van der Waals surface area contributed by atoms with Crippen LogP contribution in [0.5, 0.6) is 0 Å². The standard InChI is InChI=1S/C16H12N/c1-2-9-15-13(5-1)11-14-7-3-6-12-8-4-10-17(15)16(12)14/h1-9,11H,10H2/q+1. The zero-order valence-corrected chi connectivity index (χ0v) is 9.43. The first-order chi connectivity index (χ1) is 8.43. The molecule has 1 heteroatoms. The summed E-state index contributed by atoms with van der Waals surface area (Å²) in [6, 6.07) is 17.4. The summed E-state index contributed by atoms with van der Waals surface area (Å²) in [5.74, 6) is 0. The summed E-state index contributed by atoms with van der Waals surface area (Å²) in [5.41, 5.74) is 3.99. The van der Waals surface area contributed by atoms with Crippen molar-refractivity contribution in [1.29, 1.82) is 0 Å². The summed E-state index contributed by atoms with van der Waals surface area (Å²) in [6.45, 7) is 0.967. The maximum atomic E-state index is 2.40. The van der Waals surface area contributed by atoms with Gasteiger partial charge in [-0.15, -0.1) is 0 Å². The first-order valence-corrected chi connectivity index (χ1v) is 5.94. The van der Waals surface area contributed by atoms with Gasteiger partial charge in [0, 0.05) is 22.4 Å². The minimum absolute atomic E-state index is 0.967. The third-order valence-corrected chi connectivity index (χ3v) is 3.49. The Hall–Kier alpha value is -2.15. The van der Waals surface area contributed by atoms with E-state index in [0.29, 0.717) is 0 Å². The molecule has 2 aromatic carbocycles. The molecule has 1 aliphatic rings. The van der Waals surface area contributed by atoms with Gasteiger partial charge in [-0.3, -0.25) is 0 Å². The SMILES string of the molecule is C1=Cc2cccc3cc4ccccc4[n+](c23)C1. The Morgan fingerprint density at radius 1 is 0.882 bits per heavy atom. The molecule has 0 saturated heterocycles. The molecule has 0 amide bonds. The Morgan fingerprint density at radius 3 is 2.76 bits per heavy atom. The van der Waals surface area contributed by atoms with E-state index in [9.17, 15) is 0 Å². The summed E-state index contributed by atoms with van der Waals surface area (Å²) >= 11 is 0. The van der Waals surface area contributed by atoms with Crippen LogP contribution in [0.3, 0.4) is 0 Å². The molecule has 3 aromatic rings. The highest BCUT2D eigenvalue weighted by molar-refractivity contribution is 5.93.